The van der Waals surface area contributed by atoms with Gasteiger partial charge in [-0.2, -0.15) is 8.78 Å². The molecule has 2 rings (SSSR count). The van der Waals surface area contributed by atoms with Gasteiger partial charge in [-0.1, -0.05) is 18.2 Å². The Morgan fingerprint density at radius 2 is 2.00 bits per heavy atom. The number of hydrogen-bond acceptors (Lipinski definition) is 3. The van der Waals surface area contributed by atoms with Crippen LogP contribution in [0.5, 0.6) is 5.75 Å². The van der Waals surface area contributed by atoms with Gasteiger partial charge in [-0.15, -0.1) is 0 Å². The summed E-state index contributed by atoms with van der Waals surface area (Å²) in [5, 5.41) is 9.55. The lowest BCUT2D eigenvalue weighted by Crippen LogP contribution is -2.42. The van der Waals surface area contributed by atoms with E-state index in [-0.39, 0.29) is 11.9 Å². The van der Waals surface area contributed by atoms with Crippen LogP contribution in [-0.2, 0) is 5.54 Å². The van der Waals surface area contributed by atoms with Crippen molar-refractivity contribution in [3.8, 4) is 5.75 Å². The molecule has 5 heteroatoms. The van der Waals surface area contributed by atoms with Gasteiger partial charge in [-0.25, -0.2) is 0 Å². The summed E-state index contributed by atoms with van der Waals surface area (Å²) in [5.41, 5.74) is 6.91. The van der Waals surface area contributed by atoms with Crippen molar-refractivity contribution in [2.45, 2.75) is 50.9 Å². The normalized spacial score (nSPS) is 27.6. The number of halogens is 2. The maximum atomic E-state index is 12.5. The first kappa shape index (κ1) is 14.2. The SMILES string of the molecule is Cc1cccc(C2(N)CCC(O)CC2)c1OC(F)F. The summed E-state index contributed by atoms with van der Waals surface area (Å²) < 4.78 is 29.7. The van der Waals surface area contributed by atoms with Crippen molar-refractivity contribution in [3.63, 3.8) is 0 Å². The lowest BCUT2D eigenvalue weighted by atomic mass is 9.75. The van der Waals surface area contributed by atoms with Crippen LogP contribution in [0.25, 0.3) is 0 Å². The summed E-state index contributed by atoms with van der Waals surface area (Å²) in [5.74, 6) is 0.177. The Morgan fingerprint density at radius 1 is 1.37 bits per heavy atom. The fourth-order valence-corrected chi connectivity index (χ4v) is 2.68. The number of benzene rings is 1. The van der Waals surface area contributed by atoms with Crippen LogP contribution in [-0.4, -0.2) is 17.8 Å². The number of aliphatic hydroxyl groups excluding tert-OH is 1. The molecular weight excluding hydrogens is 252 g/mol. The van der Waals surface area contributed by atoms with E-state index in [4.69, 9.17) is 5.73 Å². The maximum absolute atomic E-state index is 12.5. The van der Waals surface area contributed by atoms with E-state index in [2.05, 4.69) is 4.74 Å². The molecule has 1 aromatic carbocycles. The zero-order valence-corrected chi connectivity index (χ0v) is 10.9. The fourth-order valence-electron chi connectivity index (χ4n) is 2.68. The van der Waals surface area contributed by atoms with Crippen molar-refractivity contribution in [1.29, 1.82) is 0 Å². The largest absolute Gasteiger partial charge is 0.434 e. The third-order valence-corrected chi connectivity index (χ3v) is 3.80. The van der Waals surface area contributed by atoms with E-state index in [1.54, 1.807) is 25.1 Å². The van der Waals surface area contributed by atoms with Gasteiger partial charge in [0.2, 0.25) is 0 Å². The third-order valence-electron chi connectivity index (χ3n) is 3.80. The zero-order valence-electron chi connectivity index (χ0n) is 10.9. The van der Waals surface area contributed by atoms with Crippen LogP contribution in [0.4, 0.5) is 8.78 Å². The van der Waals surface area contributed by atoms with Gasteiger partial charge in [-0.3, -0.25) is 0 Å². The Kier molecular flexibility index (Phi) is 4.06. The number of para-hydroxylation sites is 1. The Labute approximate surface area is 111 Å². The topological polar surface area (TPSA) is 55.5 Å². The van der Waals surface area contributed by atoms with E-state index in [0.717, 1.165) is 0 Å². The second-order valence-electron chi connectivity index (χ2n) is 5.22. The minimum absolute atomic E-state index is 0.177. The highest BCUT2D eigenvalue weighted by Gasteiger charge is 2.35. The Morgan fingerprint density at radius 3 is 2.58 bits per heavy atom. The molecule has 0 radical (unpaired) electrons. The van der Waals surface area contributed by atoms with Gasteiger partial charge < -0.3 is 15.6 Å². The molecule has 0 amide bonds. The first-order valence-electron chi connectivity index (χ1n) is 6.44. The van der Waals surface area contributed by atoms with Crippen molar-refractivity contribution in [2.24, 2.45) is 5.73 Å². The molecule has 0 unspecified atom stereocenters. The number of rotatable bonds is 3. The highest BCUT2D eigenvalue weighted by atomic mass is 19.3. The highest BCUT2D eigenvalue weighted by molar-refractivity contribution is 5.45. The van der Waals surface area contributed by atoms with E-state index in [1.165, 1.54) is 0 Å². The van der Waals surface area contributed by atoms with Crippen molar-refractivity contribution in [1.82, 2.24) is 0 Å². The molecule has 0 heterocycles. The molecule has 0 spiro atoms. The molecule has 19 heavy (non-hydrogen) atoms. The van der Waals surface area contributed by atoms with Gasteiger partial charge in [0.1, 0.15) is 5.75 Å². The summed E-state index contributed by atoms with van der Waals surface area (Å²) in [4.78, 5) is 0. The molecule has 3 N–H and O–H groups in total. The number of nitrogens with two attached hydrogens (primary N) is 1. The second-order valence-corrected chi connectivity index (χ2v) is 5.22. The molecule has 0 atom stereocenters. The zero-order chi connectivity index (χ0) is 14.0. The number of aliphatic hydroxyl groups is 1. The summed E-state index contributed by atoms with van der Waals surface area (Å²) in [6, 6.07) is 5.26. The molecule has 1 saturated carbocycles. The smallest absolute Gasteiger partial charge is 0.387 e. The minimum atomic E-state index is -2.86. The van der Waals surface area contributed by atoms with Crippen LogP contribution >= 0.6 is 0 Å². The lowest BCUT2D eigenvalue weighted by Gasteiger charge is -2.37. The summed E-state index contributed by atoms with van der Waals surface area (Å²) >= 11 is 0. The Balaban J connectivity index is 2.35. The van der Waals surface area contributed by atoms with Crippen LogP contribution < -0.4 is 10.5 Å². The average molecular weight is 271 g/mol. The summed E-state index contributed by atoms with van der Waals surface area (Å²) in [6.07, 6.45) is 1.95. The van der Waals surface area contributed by atoms with Gasteiger partial charge in [0.05, 0.1) is 6.10 Å². The van der Waals surface area contributed by atoms with Crippen molar-refractivity contribution in [3.05, 3.63) is 29.3 Å². The quantitative estimate of drug-likeness (QED) is 0.888. The van der Waals surface area contributed by atoms with Gasteiger partial charge in [-0.05, 0) is 38.2 Å². The monoisotopic (exact) mass is 271 g/mol. The Bertz CT molecular complexity index is 443. The molecule has 1 fully saturated rings. The lowest BCUT2D eigenvalue weighted by molar-refractivity contribution is -0.0519. The minimum Gasteiger partial charge on any atom is -0.434 e. The number of hydrogen-bond donors (Lipinski definition) is 2. The van der Waals surface area contributed by atoms with Crippen LogP contribution in [0.15, 0.2) is 18.2 Å². The molecule has 1 aliphatic rings. The van der Waals surface area contributed by atoms with Crippen LogP contribution in [0, 0.1) is 6.92 Å². The van der Waals surface area contributed by atoms with E-state index in [1.807, 2.05) is 0 Å². The highest BCUT2D eigenvalue weighted by Crippen LogP contribution is 2.41. The number of alkyl halides is 2. The standard InChI is InChI=1S/C14H19F2NO2/c1-9-3-2-4-11(12(9)19-13(15)16)14(17)7-5-10(18)6-8-14/h2-4,10,13,18H,5-8,17H2,1H3. The molecule has 0 aliphatic heterocycles. The second kappa shape index (κ2) is 5.43. The van der Waals surface area contributed by atoms with E-state index in [0.29, 0.717) is 36.8 Å². The van der Waals surface area contributed by atoms with Crippen LogP contribution in [0.2, 0.25) is 0 Å². The van der Waals surface area contributed by atoms with Gasteiger partial charge >= 0.3 is 6.61 Å². The first-order chi connectivity index (χ1) is 8.92. The molecule has 0 saturated heterocycles. The predicted octanol–water partition coefficient (Wildman–Crippen LogP) is 2.69. The van der Waals surface area contributed by atoms with E-state index >= 15 is 0 Å². The van der Waals surface area contributed by atoms with Crippen molar-refractivity contribution >= 4 is 0 Å². The average Bonchev–Trinajstić information content (AvgIpc) is 2.35. The molecule has 3 nitrogen and oxygen atoms in total. The van der Waals surface area contributed by atoms with Crippen LogP contribution in [0.1, 0.15) is 36.8 Å². The van der Waals surface area contributed by atoms with Gasteiger partial charge in [0, 0.05) is 11.1 Å². The van der Waals surface area contributed by atoms with E-state index in [9.17, 15) is 13.9 Å². The molecule has 1 aromatic rings. The Hall–Kier alpha value is -1.20. The first-order valence-corrected chi connectivity index (χ1v) is 6.44. The van der Waals surface area contributed by atoms with Gasteiger partial charge in [0.25, 0.3) is 0 Å². The summed E-state index contributed by atoms with van der Waals surface area (Å²) in [7, 11) is 0. The fraction of sp³-hybridized carbons (Fsp3) is 0.571. The molecular formula is C14H19F2NO2. The molecule has 0 bridgehead atoms. The summed E-state index contributed by atoms with van der Waals surface area (Å²) in [6.45, 7) is -1.14. The number of aryl methyl sites for hydroxylation is 1. The number of ether oxygens (including phenoxy) is 1. The predicted molar refractivity (Wildman–Crippen MR) is 68.2 cm³/mol. The third kappa shape index (κ3) is 3.04. The van der Waals surface area contributed by atoms with Crippen molar-refractivity contribution in [2.75, 3.05) is 0 Å². The van der Waals surface area contributed by atoms with E-state index < -0.39 is 12.2 Å². The molecule has 0 aromatic heterocycles. The van der Waals surface area contributed by atoms with Crippen LogP contribution in [0.3, 0.4) is 0 Å². The van der Waals surface area contributed by atoms with Gasteiger partial charge in [0.15, 0.2) is 0 Å². The molecule has 1 aliphatic carbocycles. The van der Waals surface area contributed by atoms with Crippen molar-refractivity contribution < 1.29 is 18.6 Å². The maximum Gasteiger partial charge on any atom is 0.387 e. The molecule has 106 valence electrons.